The minimum absolute atomic E-state index is 0.155. The van der Waals surface area contributed by atoms with Crippen molar-refractivity contribution in [2.24, 2.45) is 5.41 Å². The normalized spacial score (nSPS) is 27.5. The van der Waals surface area contributed by atoms with Gasteiger partial charge in [0.15, 0.2) is 0 Å². The zero-order valence-corrected chi connectivity index (χ0v) is 14.6. The number of ether oxygens (including phenoxy) is 1. The van der Waals surface area contributed by atoms with Crippen molar-refractivity contribution in [3.8, 4) is 0 Å². The monoisotopic (exact) mass is 380 g/mol. The highest BCUT2D eigenvalue weighted by Gasteiger charge is 2.46. The number of carbonyl (C=O) groups is 2. The fraction of sp³-hybridized carbons (Fsp3) is 0.882. The van der Waals surface area contributed by atoms with Gasteiger partial charge in [-0.25, -0.2) is 8.78 Å². The molecule has 0 aromatic carbocycles. The van der Waals surface area contributed by atoms with Crippen molar-refractivity contribution in [2.75, 3.05) is 32.8 Å². The number of halogens is 4. The molecule has 2 aliphatic heterocycles. The van der Waals surface area contributed by atoms with Gasteiger partial charge in [0.05, 0.1) is 0 Å². The van der Waals surface area contributed by atoms with Crippen molar-refractivity contribution >= 4 is 11.8 Å². The maximum absolute atomic E-state index is 12.8. The summed E-state index contributed by atoms with van der Waals surface area (Å²) >= 11 is 0. The quantitative estimate of drug-likeness (QED) is 0.665. The van der Waals surface area contributed by atoms with Crippen molar-refractivity contribution in [2.45, 2.75) is 56.9 Å². The van der Waals surface area contributed by atoms with Crippen molar-refractivity contribution in [3.63, 3.8) is 0 Å². The average molecular weight is 380 g/mol. The average Bonchev–Trinajstić information content (AvgIpc) is 3.42. The highest BCUT2D eigenvalue weighted by Crippen LogP contribution is 2.42. The summed E-state index contributed by atoms with van der Waals surface area (Å²) in [5.74, 6) is -4.55. The number of carbonyl (C=O) groups excluding carboxylic acids is 2. The van der Waals surface area contributed by atoms with Gasteiger partial charge < -0.3 is 14.5 Å². The molecule has 1 saturated carbocycles. The van der Waals surface area contributed by atoms with E-state index in [1.165, 1.54) is 0 Å². The number of nitrogens with zero attached hydrogens (tertiary/aromatic N) is 2. The number of rotatable bonds is 6. The van der Waals surface area contributed by atoms with Crippen LogP contribution in [0.3, 0.4) is 0 Å². The van der Waals surface area contributed by atoms with Crippen molar-refractivity contribution in [1.82, 2.24) is 9.80 Å². The molecular formula is C17H24F4N2O3. The van der Waals surface area contributed by atoms with Gasteiger partial charge in [-0.05, 0) is 32.1 Å². The molecule has 2 heterocycles. The maximum atomic E-state index is 12.8. The van der Waals surface area contributed by atoms with E-state index in [1.807, 2.05) is 4.90 Å². The van der Waals surface area contributed by atoms with Gasteiger partial charge in [0.25, 0.3) is 0 Å². The van der Waals surface area contributed by atoms with E-state index in [2.05, 4.69) is 4.74 Å². The molecule has 3 aliphatic rings. The number of piperidine rings is 2. The summed E-state index contributed by atoms with van der Waals surface area (Å²) in [6.07, 6.45) is 1.10. The Morgan fingerprint density at radius 3 is 2.65 bits per heavy atom. The third-order valence-corrected chi connectivity index (χ3v) is 5.54. The smallest absolute Gasteiger partial charge is 0.330 e. The summed E-state index contributed by atoms with van der Waals surface area (Å²) in [5.41, 5.74) is -0.155. The molecule has 148 valence electrons. The first-order valence-electron chi connectivity index (χ1n) is 9.03. The number of hydrogen-bond donors (Lipinski definition) is 0. The predicted octanol–water partition coefficient (Wildman–Crippen LogP) is 2.30. The van der Waals surface area contributed by atoms with Gasteiger partial charge in [-0.3, -0.25) is 9.59 Å². The Kier molecular flexibility index (Phi) is 5.46. The molecule has 3 rings (SSSR count). The largest absolute Gasteiger partial charge is 0.365 e. The highest BCUT2D eigenvalue weighted by atomic mass is 19.3. The van der Waals surface area contributed by atoms with Crippen molar-refractivity contribution in [1.29, 1.82) is 0 Å². The van der Waals surface area contributed by atoms with Gasteiger partial charge in [-0.1, -0.05) is 0 Å². The van der Waals surface area contributed by atoms with Crippen LogP contribution in [0, 0.1) is 5.41 Å². The van der Waals surface area contributed by atoms with Crippen molar-refractivity contribution < 1.29 is 31.9 Å². The van der Waals surface area contributed by atoms with Gasteiger partial charge in [0.1, 0.15) is 13.2 Å². The third kappa shape index (κ3) is 4.29. The molecule has 2 amide bonds. The number of hydrogen-bond acceptors (Lipinski definition) is 3. The fourth-order valence-corrected chi connectivity index (χ4v) is 3.95. The van der Waals surface area contributed by atoms with E-state index in [0.29, 0.717) is 38.5 Å². The molecule has 2 saturated heterocycles. The maximum Gasteiger partial charge on any atom is 0.330 e. The summed E-state index contributed by atoms with van der Waals surface area (Å²) in [7, 11) is 0. The minimum atomic E-state index is -4.25. The molecule has 0 aromatic rings. The fourth-order valence-electron chi connectivity index (χ4n) is 3.95. The molecule has 1 spiro atoms. The van der Waals surface area contributed by atoms with E-state index in [4.69, 9.17) is 0 Å². The summed E-state index contributed by atoms with van der Waals surface area (Å²) in [5, 5.41) is 0. The van der Waals surface area contributed by atoms with E-state index < -0.39 is 31.5 Å². The lowest BCUT2D eigenvalue weighted by atomic mass is 9.73. The zero-order valence-electron chi connectivity index (χ0n) is 14.6. The second-order valence-corrected chi connectivity index (χ2v) is 7.73. The van der Waals surface area contributed by atoms with Crippen LogP contribution in [0.25, 0.3) is 0 Å². The SMILES string of the molecule is O=C(COCC(F)(F)C(F)F)N1CCC[C@@]2(CCC(=O)N(C3CC3)C2)C1. The first-order chi connectivity index (χ1) is 12.2. The highest BCUT2D eigenvalue weighted by molar-refractivity contribution is 5.79. The third-order valence-electron chi connectivity index (χ3n) is 5.54. The zero-order chi connectivity index (χ0) is 18.9. The van der Waals surface area contributed by atoms with E-state index >= 15 is 0 Å². The van der Waals surface area contributed by atoms with E-state index in [-0.39, 0.29) is 11.3 Å². The molecule has 26 heavy (non-hydrogen) atoms. The Labute approximate surface area is 149 Å². The first kappa shape index (κ1) is 19.4. The van der Waals surface area contributed by atoms with E-state index in [9.17, 15) is 27.2 Å². The Hall–Kier alpha value is -1.38. The second-order valence-electron chi connectivity index (χ2n) is 7.73. The molecular weight excluding hydrogens is 356 g/mol. The summed E-state index contributed by atoms with van der Waals surface area (Å²) in [6, 6.07) is 0.325. The second kappa shape index (κ2) is 7.32. The minimum Gasteiger partial charge on any atom is -0.365 e. The summed E-state index contributed by atoms with van der Waals surface area (Å²) in [4.78, 5) is 27.8. The van der Waals surface area contributed by atoms with Crippen LogP contribution in [0.1, 0.15) is 38.5 Å². The van der Waals surface area contributed by atoms with Gasteiger partial charge in [0.2, 0.25) is 11.8 Å². The Morgan fingerprint density at radius 1 is 1.27 bits per heavy atom. The van der Waals surface area contributed by atoms with Crippen LogP contribution in [0.15, 0.2) is 0 Å². The van der Waals surface area contributed by atoms with Crippen LogP contribution >= 0.6 is 0 Å². The lowest BCUT2D eigenvalue weighted by Gasteiger charge is -2.48. The number of amides is 2. The predicted molar refractivity (Wildman–Crippen MR) is 84.0 cm³/mol. The molecule has 0 bridgehead atoms. The molecule has 9 heteroatoms. The standard InChI is InChI=1S/C17H24F4N2O3/c18-15(19)17(20,21)11-26-8-14(25)22-7-1-5-16(9-22)6-4-13(24)23(10-16)12-2-3-12/h12,15H,1-11H2/t16-/m1/s1. The first-order valence-corrected chi connectivity index (χ1v) is 9.03. The lowest BCUT2D eigenvalue weighted by Crippen LogP contribution is -2.56. The van der Waals surface area contributed by atoms with Gasteiger partial charge >= 0.3 is 12.3 Å². The van der Waals surface area contributed by atoms with Crippen LogP contribution in [-0.2, 0) is 14.3 Å². The lowest BCUT2D eigenvalue weighted by molar-refractivity contribution is -0.172. The summed E-state index contributed by atoms with van der Waals surface area (Å²) < 4.78 is 54.5. The Bertz CT molecular complexity index is 556. The van der Waals surface area contributed by atoms with Crippen LogP contribution in [0.2, 0.25) is 0 Å². The molecule has 0 unspecified atom stereocenters. The molecule has 0 aromatic heterocycles. The molecule has 0 radical (unpaired) electrons. The Balaban J connectivity index is 1.53. The van der Waals surface area contributed by atoms with Gasteiger partial charge in [-0.15, -0.1) is 0 Å². The van der Waals surface area contributed by atoms with Crippen LogP contribution in [-0.4, -0.2) is 72.9 Å². The number of likely N-dealkylation sites (tertiary alicyclic amines) is 2. The van der Waals surface area contributed by atoms with Crippen LogP contribution in [0.4, 0.5) is 17.6 Å². The van der Waals surface area contributed by atoms with Gasteiger partial charge in [-0.2, -0.15) is 8.78 Å². The van der Waals surface area contributed by atoms with Gasteiger partial charge in [0, 0.05) is 37.5 Å². The van der Waals surface area contributed by atoms with E-state index in [0.717, 1.165) is 25.7 Å². The molecule has 5 nitrogen and oxygen atoms in total. The molecule has 1 atom stereocenters. The number of alkyl halides is 4. The van der Waals surface area contributed by atoms with Crippen molar-refractivity contribution in [3.05, 3.63) is 0 Å². The molecule has 1 aliphatic carbocycles. The van der Waals surface area contributed by atoms with E-state index in [1.54, 1.807) is 4.90 Å². The molecule has 0 N–H and O–H groups in total. The van der Waals surface area contributed by atoms with Crippen LogP contribution < -0.4 is 0 Å². The molecule has 3 fully saturated rings. The Morgan fingerprint density at radius 2 is 2.00 bits per heavy atom. The summed E-state index contributed by atoms with van der Waals surface area (Å²) in [6.45, 7) is -0.531. The van der Waals surface area contributed by atoms with Crippen LogP contribution in [0.5, 0.6) is 0 Å². The topological polar surface area (TPSA) is 49.9 Å².